The Morgan fingerprint density at radius 1 is 0.440 bits per heavy atom. The smallest absolute Gasteiger partial charge is 0.141 e. The van der Waals surface area contributed by atoms with E-state index in [0.29, 0.717) is 0 Å². The molecule has 4 heterocycles. The van der Waals surface area contributed by atoms with Gasteiger partial charge in [0, 0.05) is 43.4 Å². The van der Waals surface area contributed by atoms with Crippen molar-refractivity contribution in [3.05, 3.63) is 157 Å². The van der Waals surface area contributed by atoms with Crippen LogP contribution in [0.3, 0.4) is 0 Å². The topological polar surface area (TPSA) is 44.1 Å². The number of hydrogen-bond acceptors (Lipinski definition) is 3. The summed E-state index contributed by atoms with van der Waals surface area (Å²) in [7, 11) is 0. The van der Waals surface area contributed by atoms with Gasteiger partial charge in [-0.15, -0.1) is 0 Å². The SMILES string of the molecule is Cc1c(-c2ccc3c(c2)oc2cc4c(cc23)oc2ccccc24)cc(-c2ccccc2)nc1-n1c2ccccc2c2cc3ccccc3cc21. The number of fused-ring (bicyclic) bond motifs is 10. The second-order valence-corrected chi connectivity index (χ2v) is 13.2. The molecule has 4 aromatic heterocycles. The van der Waals surface area contributed by atoms with Crippen molar-refractivity contribution in [2.75, 3.05) is 0 Å². The van der Waals surface area contributed by atoms with Gasteiger partial charge in [-0.25, -0.2) is 4.98 Å². The van der Waals surface area contributed by atoms with Crippen molar-refractivity contribution < 1.29 is 8.83 Å². The van der Waals surface area contributed by atoms with E-state index in [2.05, 4.69) is 139 Å². The summed E-state index contributed by atoms with van der Waals surface area (Å²) >= 11 is 0. The van der Waals surface area contributed by atoms with Crippen molar-refractivity contribution in [2.24, 2.45) is 0 Å². The minimum absolute atomic E-state index is 0.844. The minimum atomic E-state index is 0.844. The normalized spacial score (nSPS) is 12.1. The maximum atomic E-state index is 6.59. The average molecular weight is 641 g/mol. The highest BCUT2D eigenvalue weighted by Crippen LogP contribution is 2.41. The van der Waals surface area contributed by atoms with Gasteiger partial charge in [-0.1, -0.05) is 97.1 Å². The highest BCUT2D eigenvalue weighted by atomic mass is 16.3. The Morgan fingerprint density at radius 3 is 1.90 bits per heavy atom. The molecule has 234 valence electrons. The molecule has 0 spiro atoms. The third kappa shape index (κ3) is 3.90. The zero-order valence-corrected chi connectivity index (χ0v) is 27.1. The molecule has 0 unspecified atom stereocenters. The fraction of sp³-hybridized carbons (Fsp3) is 0.0217. The van der Waals surface area contributed by atoms with Crippen molar-refractivity contribution in [1.29, 1.82) is 0 Å². The summed E-state index contributed by atoms with van der Waals surface area (Å²) in [5.41, 5.74) is 11.0. The molecule has 7 aromatic carbocycles. The maximum absolute atomic E-state index is 6.59. The van der Waals surface area contributed by atoms with E-state index in [1.165, 1.54) is 21.5 Å². The molecule has 11 aromatic rings. The third-order valence-corrected chi connectivity index (χ3v) is 10.3. The van der Waals surface area contributed by atoms with Crippen LogP contribution >= 0.6 is 0 Å². The van der Waals surface area contributed by atoms with Crippen molar-refractivity contribution in [3.63, 3.8) is 0 Å². The highest BCUT2D eigenvalue weighted by Gasteiger charge is 2.21. The van der Waals surface area contributed by atoms with Gasteiger partial charge >= 0.3 is 0 Å². The second kappa shape index (κ2) is 10.2. The molecule has 4 nitrogen and oxygen atoms in total. The van der Waals surface area contributed by atoms with E-state index in [4.69, 9.17) is 13.8 Å². The van der Waals surface area contributed by atoms with Gasteiger partial charge in [0.2, 0.25) is 0 Å². The number of hydrogen-bond donors (Lipinski definition) is 0. The molecule has 11 rings (SSSR count). The van der Waals surface area contributed by atoms with E-state index in [-0.39, 0.29) is 0 Å². The molecule has 50 heavy (non-hydrogen) atoms. The molecule has 0 atom stereocenters. The van der Waals surface area contributed by atoms with Crippen LogP contribution in [0.2, 0.25) is 0 Å². The molecule has 0 aliphatic rings. The van der Waals surface area contributed by atoms with Crippen LogP contribution in [0, 0.1) is 6.92 Å². The summed E-state index contributed by atoms with van der Waals surface area (Å²) < 4.78 is 15.2. The van der Waals surface area contributed by atoms with Crippen LogP contribution in [0.15, 0.2) is 160 Å². The summed E-state index contributed by atoms with van der Waals surface area (Å²) in [5.74, 6) is 0.916. The van der Waals surface area contributed by atoms with Gasteiger partial charge in [0.25, 0.3) is 0 Å². The van der Waals surface area contributed by atoms with E-state index in [0.717, 1.165) is 88.7 Å². The molecule has 0 N–H and O–H groups in total. The highest BCUT2D eigenvalue weighted by molar-refractivity contribution is 6.16. The summed E-state index contributed by atoms with van der Waals surface area (Å²) in [6.45, 7) is 2.19. The van der Waals surface area contributed by atoms with Crippen LogP contribution in [0.5, 0.6) is 0 Å². The maximum Gasteiger partial charge on any atom is 0.141 e. The Bertz CT molecular complexity index is 3160. The monoisotopic (exact) mass is 640 g/mol. The van der Waals surface area contributed by atoms with Crippen molar-refractivity contribution in [2.45, 2.75) is 6.92 Å². The molecule has 0 amide bonds. The fourth-order valence-corrected chi connectivity index (χ4v) is 7.92. The summed E-state index contributed by atoms with van der Waals surface area (Å²) in [6, 6.07) is 53.5. The molecule has 0 bridgehead atoms. The van der Waals surface area contributed by atoms with Crippen LogP contribution in [0.4, 0.5) is 0 Å². The Labute approximate surface area is 286 Å². The van der Waals surface area contributed by atoms with Crippen molar-refractivity contribution in [1.82, 2.24) is 9.55 Å². The van der Waals surface area contributed by atoms with Crippen LogP contribution in [0.1, 0.15) is 5.56 Å². The summed E-state index contributed by atoms with van der Waals surface area (Å²) in [6.07, 6.45) is 0. The molecule has 0 saturated carbocycles. The first kappa shape index (κ1) is 27.3. The zero-order valence-electron chi connectivity index (χ0n) is 27.1. The minimum Gasteiger partial charge on any atom is -0.456 e. The Kier molecular flexibility index (Phi) is 5.56. The van der Waals surface area contributed by atoms with Gasteiger partial charge in [0.15, 0.2) is 0 Å². The Morgan fingerprint density at radius 2 is 1.08 bits per heavy atom. The van der Waals surface area contributed by atoms with Crippen LogP contribution < -0.4 is 0 Å². The lowest BCUT2D eigenvalue weighted by Gasteiger charge is -2.17. The average Bonchev–Trinajstić information content (AvgIpc) is 3.81. The summed E-state index contributed by atoms with van der Waals surface area (Å²) in [5, 5.41) is 9.13. The predicted molar refractivity (Wildman–Crippen MR) is 206 cm³/mol. The zero-order chi connectivity index (χ0) is 32.9. The quantitative estimate of drug-likeness (QED) is 0.193. The van der Waals surface area contributed by atoms with Crippen LogP contribution in [-0.4, -0.2) is 9.55 Å². The largest absolute Gasteiger partial charge is 0.456 e. The first-order valence-electron chi connectivity index (χ1n) is 17.0. The van der Waals surface area contributed by atoms with Gasteiger partial charge in [0.1, 0.15) is 28.1 Å². The molecule has 0 fully saturated rings. The van der Waals surface area contributed by atoms with Gasteiger partial charge in [-0.2, -0.15) is 0 Å². The number of rotatable bonds is 3. The van der Waals surface area contributed by atoms with E-state index in [9.17, 15) is 0 Å². The van der Waals surface area contributed by atoms with Gasteiger partial charge in [0.05, 0.1) is 16.7 Å². The first-order chi connectivity index (χ1) is 24.7. The number of pyridine rings is 1. The fourth-order valence-electron chi connectivity index (χ4n) is 7.92. The third-order valence-electron chi connectivity index (χ3n) is 10.3. The number of para-hydroxylation sites is 2. The van der Waals surface area contributed by atoms with Gasteiger partial charge < -0.3 is 8.83 Å². The molecule has 0 saturated heterocycles. The van der Waals surface area contributed by atoms with Crippen LogP contribution in [0.25, 0.3) is 105 Å². The van der Waals surface area contributed by atoms with Crippen molar-refractivity contribution >= 4 is 76.5 Å². The molecule has 0 radical (unpaired) electrons. The number of nitrogens with zero attached hydrogens (tertiary/aromatic N) is 2. The molecular weight excluding hydrogens is 613 g/mol. The molecule has 0 aliphatic heterocycles. The first-order valence-corrected chi connectivity index (χ1v) is 17.0. The van der Waals surface area contributed by atoms with E-state index in [1.54, 1.807) is 0 Å². The van der Waals surface area contributed by atoms with E-state index in [1.807, 2.05) is 24.3 Å². The lowest BCUT2D eigenvalue weighted by molar-refractivity contribution is 0.664. The molecular formula is C46H28N2O2. The van der Waals surface area contributed by atoms with Gasteiger partial charge in [-0.05, 0) is 83.4 Å². The number of furan rings is 2. The number of benzene rings is 7. The Balaban J connectivity index is 1.17. The van der Waals surface area contributed by atoms with Gasteiger partial charge in [-0.3, -0.25) is 4.57 Å². The molecule has 0 aliphatic carbocycles. The second-order valence-electron chi connectivity index (χ2n) is 13.2. The lowest BCUT2D eigenvalue weighted by atomic mass is 9.97. The van der Waals surface area contributed by atoms with Crippen molar-refractivity contribution in [3.8, 4) is 28.2 Å². The predicted octanol–water partition coefficient (Wildman–Crippen LogP) is 12.8. The number of aromatic nitrogens is 2. The molecule has 4 heteroatoms. The standard InChI is InChI=1S/C46H28N2O2/c1-27-35(31-19-20-34-38-26-44-37(25-45(38)50-43(34)23-31)33-16-8-10-18-42(33)49-44)24-39(28-11-3-2-4-12-28)47-46(27)48-40-17-9-7-15-32(40)36-21-29-13-5-6-14-30(29)22-41(36)48/h2-26H,1H3. The lowest BCUT2D eigenvalue weighted by Crippen LogP contribution is -2.04. The summed E-state index contributed by atoms with van der Waals surface area (Å²) in [4.78, 5) is 5.43. The van der Waals surface area contributed by atoms with E-state index < -0.39 is 0 Å². The van der Waals surface area contributed by atoms with Crippen LogP contribution in [-0.2, 0) is 0 Å². The van der Waals surface area contributed by atoms with E-state index >= 15 is 0 Å². The Hall–Kier alpha value is -6.65.